The van der Waals surface area contributed by atoms with Crippen molar-refractivity contribution in [3.8, 4) is 0 Å². The van der Waals surface area contributed by atoms with Crippen LogP contribution < -0.4 is 10.2 Å². The smallest absolute Gasteiger partial charge is 0.408 e. The SMILES string of the molecule is CC(C)C(NC(=O)OCc1csc(N2CCCC2)n1)C(=O)O. The lowest BCUT2D eigenvalue weighted by molar-refractivity contribution is -0.140. The maximum absolute atomic E-state index is 11.7. The molecule has 2 rings (SSSR count). The van der Waals surface area contributed by atoms with Crippen molar-refractivity contribution in [1.82, 2.24) is 10.3 Å². The van der Waals surface area contributed by atoms with Crippen molar-refractivity contribution in [2.75, 3.05) is 18.0 Å². The molecule has 0 saturated carbocycles. The standard InChI is InChI=1S/C14H21N3O4S/c1-9(2)11(12(18)19)16-14(20)21-7-10-8-22-13(15-10)17-5-3-4-6-17/h8-9,11H,3-7H2,1-2H3,(H,16,20)(H,18,19). The van der Waals surface area contributed by atoms with Crippen LogP contribution in [0.25, 0.3) is 0 Å². The van der Waals surface area contributed by atoms with E-state index in [9.17, 15) is 9.59 Å². The van der Waals surface area contributed by atoms with E-state index in [0.29, 0.717) is 5.69 Å². The van der Waals surface area contributed by atoms with E-state index in [4.69, 9.17) is 9.84 Å². The highest BCUT2D eigenvalue weighted by Gasteiger charge is 2.24. The number of carboxylic acid groups (broad SMARTS) is 1. The van der Waals surface area contributed by atoms with Crippen molar-refractivity contribution >= 4 is 28.5 Å². The minimum Gasteiger partial charge on any atom is -0.480 e. The molecule has 1 atom stereocenters. The molecule has 8 heteroatoms. The van der Waals surface area contributed by atoms with Crippen LogP contribution in [0.15, 0.2) is 5.38 Å². The second kappa shape index (κ2) is 7.44. The van der Waals surface area contributed by atoms with Gasteiger partial charge in [-0.2, -0.15) is 0 Å². The average molecular weight is 327 g/mol. The second-order valence-corrected chi connectivity index (χ2v) is 6.43. The Balaban J connectivity index is 1.82. The number of aromatic nitrogens is 1. The van der Waals surface area contributed by atoms with Gasteiger partial charge >= 0.3 is 12.1 Å². The van der Waals surface area contributed by atoms with Crippen molar-refractivity contribution in [3.05, 3.63) is 11.1 Å². The summed E-state index contributed by atoms with van der Waals surface area (Å²) < 4.78 is 5.05. The molecule has 0 aromatic carbocycles. The minimum atomic E-state index is -1.07. The predicted molar refractivity (Wildman–Crippen MR) is 83.1 cm³/mol. The molecule has 1 aliphatic rings. The van der Waals surface area contributed by atoms with Crippen LogP contribution in [0.5, 0.6) is 0 Å². The fourth-order valence-corrected chi connectivity index (χ4v) is 3.10. The summed E-state index contributed by atoms with van der Waals surface area (Å²) in [4.78, 5) is 29.3. The monoisotopic (exact) mass is 327 g/mol. The molecule has 1 aromatic heterocycles. The Labute approximate surface area is 133 Å². The first kappa shape index (κ1) is 16.5. The second-order valence-electron chi connectivity index (χ2n) is 5.60. The van der Waals surface area contributed by atoms with Crippen LogP contribution >= 0.6 is 11.3 Å². The van der Waals surface area contributed by atoms with Gasteiger partial charge in [0.2, 0.25) is 0 Å². The third-order valence-electron chi connectivity index (χ3n) is 3.47. The summed E-state index contributed by atoms with van der Waals surface area (Å²) in [6, 6.07) is -0.955. The molecule has 2 N–H and O–H groups in total. The summed E-state index contributed by atoms with van der Waals surface area (Å²) in [7, 11) is 0. The number of thiazole rings is 1. The Morgan fingerprint density at radius 1 is 1.45 bits per heavy atom. The third kappa shape index (κ3) is 4.33. The van der Waals surface area contributed by atoms with Crippen LogP contribution in [0.3, 0.4) is 0 Å². The van der Waals surface area contributed by atoms with Crippen LogP contribution in [-0.4, -0.2) is 41.3 Å². The van der Waals surface area contributed by atoms with E-state index in [1.54, 1.807) is 13.8 Å². The van der Waals surface area contributed by atoms with E-state index in [2.05, 4.69) is 15.2 Å². The Kier molecular flexibility index (Phi) is 5.59. The van der Waals surface area contributed by atoms with Gasteiger partial charge in [0.25, 0.3) is 0 Å². The van der Waals surface area contributed by atoms with Crippen molar-refractivity contribution in [2.24, 2.45) is 5.92 Å². The number of ether oxygens (including phenoxy) is 1. The van der Waals surface area contributed by atoms with E-state index in [1.165, 1.54) is 24.2 Å². The Morgan fingerprint density at radius 3 is 2.73 bits per heavy atom. The van der Waals surface area contributed by atoms with Crippen molar-refractivity contribution < 1.29 is 19.4 Å². The zero-order valence-corrected chi connectivity index (χ0v) is 13.6. The molecule has 1 aromatic rings. The summed E-state index contributed by atoms with van der Waals surface area (Å²) in [6.07, 6.45) is 1.62. The number of nitrogens with zero attached hydrogens (tertiary/aromatic N) is 2. The van der Waals surface area contributed by atoms with Gasteiger partial charge in [-0.25, -0.2) is 14.6 Å². The summed E-state index contributed by atoms with van der Waals surface area (Å²) in [5.41, 5.74) is 0.679. The lowest BCUT2D eigenvalue weighted by atomic mass is 10.1. The number of anilines is 1. The molecule has 1 aliphatic heterocycles. The summed E-state index contributed by atoms with van der Waals surface area (Å²) in [5.74, 6) is -1.29. The molecular weight excluding hydrogens is 306 g/mol. The van der Waals surface area contributed by atoms with Gasteiger partial charge in [0.1, 0.15) is 12.6 Å². The lowest BCUT2D eigenvalue weighted by Gasteiger charge is -2.17. The Bertz CT molecular complexity index is 526. The number of carbonyl (C=O) groups excluding carboxylic acids is 1. The number of hydrogen-bond donors (Lipinski definition) is 2. The molecule has 1 amide bonds. The van der Waals surface area contributed by atoms with Gasteiger partial charge < -0.3 is 20.1 Å². The van der Waals surface area contributed by atoms with E-state index in [-0.39, 0.29) is 12.5 Å². The number of rotatable bonds is 6. The molecule has 22 heavy (non-hydrogen) atoms. The number of carbonyl (C=O) groups is 2. The normalized spacial score (nSPS) is 15.9. The lowest BCUT2D eigenvalue weighted by Crippen LogP contribution is -2.44. The van der Waals surface area contributed by atoms with Gasteiger partial charge in [0, 0.05) is 18.5 Å². The fraction of sp³-hybridized carbons (Fsp3) is 0.643. The molecule has 7 nitrogen and oxygen atoms in total. The molecule has 1 unspecified atom stereocenters. The maximum atomic E-state index is 11.7. The molecule has 1 fully saturated rings. The highest BCUT2D eigenvalue weighted by molar-refractivity contribution is 7.13. The highest BCUT2D eigenvalue weighted by Crippen LogP contribution is 2.24. The van der Waals surface area contributed by atoms with Crippen LogP contribution in [0.4, 0.5) is 9.93 Å². The van der Waals surface area contributed by atoms with E-state index >= 15 is 0 Å². The molecule has 2 heterocycles. The fourth-order valence-electron chi connectivity index (χ4n) is 2.24. The predicted octanol–water partition coefficient (Wildman–Crippen LogP) is 2.08. The first-order valence-corrected chi connectivity index (χ1v) is 8.21. The van der Waals surface area contributed by atoms with Crippen LogP contribution in [-0.2, 0) is 16.1 Å². The molecular formula is C14H21N3O4S. The van der Waals surface area contributed by atoms with E-state index in [0.717, 1.165) is 18.2 Å². The van der Waals surface area contributed by atoms with Gasteiger partial charge in [-0.05, 0) is 18.8 Å². The van der Waals surface area contributed by atoms with Gasteiger partial charge in [-0.3, -0.25) is 0 Å². The molecule has 122 valence electrons. The Hall–Kier alpha value is -1.83. The molecule has 0 spiro atoms. The molecule has 1 saturated heterocycles. The molecule has 0 aliphatic carbocycles. The first-order valence-electron chi connectivity index (χ1n) is 7.33. The molecule has 0 radical (unpaired) electrons. The zero-order chi connectivity index (χ0) is 16.1. The highest BCUT2D eigenvalue weighted by atomic mass is 32.1. The number of amides is 1. The summed E-state index contributed by atoms with van der Waals surface area (Å²) in [6.45, 7) is 5.52. The molecule has 0 bridgehead atoms. The Morgan fingerprint density at radius 2 is 2.14 bits per heavy atom. The third-order valence-corrected chi connectivity index (χ3v) is 4.42. The van der Waals surface area contributed by atoms with Crippen LogP contribution in [0.1, 0.15) is 32.4 Å². The van der Waals surface area contributed by atoms with E-state index in [1.807, 2.05) is 5.38 Å². The van der Waals surface area contributed by atoms with Crippen LogP contribution in [0, 0.1) is 5.92 Å². The zero-order valence-electron chi connectivity index (χ0n) is 12.7. The number of aliphatic carboxylic acids is 1. The number of alkyl carbamates (subject to hydrolysis) is 1. The van der Waals surface area contributed by atoms with Gasteiger partial charge in [-0.15, -0.1) is 11.3 Å². The van der Waals surface area contributed by atoms with Gasteiger partial charge in [0.05, 0.1) is 5.69 Å². The van der Waals surface area contributed by atoms with E-state index < -0.39 is 18.1 Å². The average Bonchev–Trinajstić information content (AvgIpc) is 3.12. The largest absolute Gasteiger partial charge is 0.480 e. The topological polar surface area (TPSA) is 91.8 Å². The van der Waals surface area contributed by atoms with Crippen molar-refractivity contribution in [1.29, 1.82) is 0 Å². The maximum Gasteiger partial charge on any atom is 0.408 e. The quantitative estimate of drug-likeness (QED) is 0.831. The minimum absolute atomic E-state index is 0.0423. The van der Waals surface area contributed by atoms with Gasteiger partial charge in [-0.1, -0.05) is 13.8 Å². The summed E-state index contributed by atoms with van der Waals surface area (Å²) in [5, 5.41) is 14.2. The number of hydrogen-bond acceptors (Lipinski definition) is 6. The number of nitrogens with one attached hydrogen (secondary N) is 1. The van der Waals surface area contributed by atoms with Gasteiger partial charge in [0.15, 0.2) is 5.13 Å². The van der Waals surface area contributed by atoms with Crippen molar-refractivity contribution in [2.45, 2.75) is 39.3 Å². The van der Waals surface area contributed by atoms with Crippen molar-refractivity contribution in [3.63, 3.8) is 0 Å². The first-order chi connectivity index (χ1) is 10.5. The number of carboxylic acids is 1. The van der Waals surface area contributed by atoms with Crippen LogP contribution in [0.2, 0.25) is 0 Å². The summed E-state index contributed by atoms with van der Waals surface area (Å²) >= 11 is 1.53.